The quantitative estimate of drug-likeness (QED) is 0.910. The first-order valence-corrected chi connectivity index (χ1v) is 9.56. The fourth-order valence-corrected chi connectivity index (χ4v) is 4.35. The molecule has 0 spiro atoms. The molecule has 0 unspecified atom stereocenters. The fraction of sp³-hybridized carbons (Fsp3) is 0.737. The first kappa shape index (κ1) is 18.0. The molecule has 2 fully saturated rings. The van der Waals surface area contributed by atoms with Crippen LogP contribution in [0.5, 0.6) is 0 Å². The molecule has 6 nitrogen and oxygen atoms in total. The van der Waals surface area contributed by atoms with E-state index in [4.69, 9.17) is 0 Å². The largest absolute Gasteiger partial charge is 0.349 e. The molecule has 1 aromatic rings. The van der Waals surface area contributed by atoms with E-state index in [1.54, 1.807) is 4.68 Å². The molecule has 1 saturated heterocycles. The molecule has 2 amide bonds. The lowest BCUT2D eigenvalue weighted by molar-refractivity contribution is -0.143. The molecule has 0 aromatic carbocycles. The normalized spacial score (nSPS) is 25.0. The van der Waals surface area contributed by atoms with E-state index in [-0.39, 0.29) is 29.7 Å². The summed E-state index contributed by atoms with van der Waals surface area (Å²) in [4.78, 5) is 27.7. The number of carbonyl (C=O) groups is 2. The maximum atomic E-state index is 12.9. The highest BCUT2D eigenvalue weighted by Gasteiger charge is 2.38. The minimum Gasteiger partial charge on any atom is -0.349 e. The molecule has 2 heterocycles. The number of carbonyl (C=O) groups excluding carboxylic acids is 2. The molecular formula is C19H30N4O2. The van der Waals surface area contributed by atoms with E-state index in [0.717, 1.165) is 62.9 Å². The number of hydrogen-bond donors (Lipinski definition) is 1. The SMILES string of the molecule is Cc1nn(C)cc1[C@H](C)NC(=O)[C@H]1CCCC[C@H]1C(=O)N1CCCC1. The van der Waals surface area contributed by atoms with E-state index in [9.17, 15) is 9.59 Å². The Morgan fingerprint density at radius 1 is 1.16 bits per heavy atom. The highest BCUT2D eigenvalue weighted by molar-refractivity contribution is 5.88. The van der Waals surface area contributed by atoms with Crippen molar-refractivity contribution in [1.82, 2.24) is 20.0 Å². The van der Waals surface area contributed by atoms with Gasteiger partial charge in [-0.2, -0.15) is 5.10 Å². The zero-order chi connectivity index (χ0) is 18.0. The van der Waals surface area contributed by atoms with E-state index in [2.05, 4.69) is 10.4 Å². The standard InChI is InChI=1S/C19H30N4O2/c1-13(17-12-22(3)21-14(17)2)20-18(24)15-8-4-5-9-16(15)19(25)23-10-6-7-11-23/h12-13,15-16H,4-11H2,1-3H3,(H,20,24)/t13-,15-,16+/m0/s1. The molecule has 0 bridgehead atoms. The number of rotatable bonds is 4. The molecule has 3 rings (SSSR count). The molecule has 6 heteroatoms. The summed E-state index contributed by atoms with van der Waals surface area (Å²) in [6.07, 6.45) is 7.86. The number of amides is 2. The highest BCUT2D eigenvalue weighted by atomic mass is 16.2. The Labute approximate surface area is 149 Å². The Bertz CT molecular complexity index is 633. The smallest absolute Gasteiger partial charge is 0.226 e. The second-order valence-corrected chi connectivity index (χ2v) is 7.60. The first-order valence-electron chi connectivity index (χ1n) is 9.56. The van der Waals surface area contributed by atoms with Crippen molar-refractivity contribution in [1.29, 1.82) is 0 Å². The minimum absolute atomic E-state index is 0.0213. The van der Waals surface area contributed by atoms with Crippen molar-refractivity contribution in [3.63, 3.8) is 0 Å². The summed E-state index contributed by atoms with van der Waals surface area (Å²) < 4.78 is 1.77. The molecule has 1 N–H and O–H groups in total. The third-order valence-corrected chi connectivity index (χ3v) is 5.71. The van der Waals surface area contributed by atoms with Crippen molar-refractivity contribution < 1.29 is 9.59 Å². The van der Waals surface area contributed by atoms with Crippen LogP contribution in [-0.2, 0) is 16.6 Å². The van der Waals surface area contributed by atoms with E-state index in [1.165, 1.54) is 0 Å². The minimum atomic E-state index is -0.193. The second kappa shape index (κ2) is 7.58. The van der Waals surface area contributed by atoms with Gasteiger partial charge in [-0.3, -0.25) is 14.3 Å². The van der Waals surface area contributed by atoms with Gasteiger partial charge in [-0.05, 0) is 39.5 Å². The number of nitrogens with one attached hydrogen (secondary N) is 1. The lowest BCUT2D eigenvalue weighted by Crippen LogP contribution is -2.45. The van der Waals surface area contributed by atoms with Crippen molar-refractivity contribution in [2.24, 2.45) is 18.9 Å². The summed E-state index contributed by atoms with van der Waals surface area (Å²) in [6, 6.07) is -0.0920. The zero-order valence-electron chi connectivity index (χ0n) is 15.6. The Balaban J connectivity index is 1.68. The maximum Gasteiger partial charge on any atom is 0.226 e. The summed E-state index contributed by atoms with van der Waals surface area (Å²) in [5, 5.41) is 7.48. The van der Waals surface area contributed by atoms with Gasteiger partial charge in [-0.1, -0.05) is 12.8 Å². The van der Waals surface area contributed by atoms with Crippen LogP contribution in [0.4, 0.5) is 0 Å². The van der Waals surface area contributed by atoms with Crippen LogP contribution in [-0.4, -0.2) is 39.6 Å². The molecule has 25 heavy (non-hydrogen) atoms. The van der Waals surface area contributed by atoms with Gasteiger partial charge in [0.25, 0.3) is 0 Å². The second-order valence-electron chi connectivity index (χ2n) is 7.60. The number of aryl methyl sites for hydroxylation is 2. The number of aromatic nitrogens is 2. The van der Waals surface area contributed by atoms with Crippen molar-refractivity contribution in [2.75, 3.05) is 13.1 Å². The van der Waals surface area contributed by atoms with Crippen LogP contribution in [0, 0.1) is 18.8 Å². The maximum absolute atomic E-state index is 12.9. The Morgan fingerprint density at radius 3 is 2.40 bits per heavy atom. The van der Waals surface area contributed by atoms with Gasteiger partial charge in [0.1, 0.15) is 0 Å². The van der Waals surface area contributed by atoms with Crippen LogP contribution in [0.25, 0.3) is 0 Å². The van der Waals surface area contributed by atoms with E-state index in [1.807, 2.05) is 32.0 Å². The van der Waals surface area contributed by atoms with Crippen LogP contribution < -0.4 is 5.32 Å². The van der Waals surface area contributed by atoms with Crippen molar-refractivity contribution in [2.45, 2.75) is 58.4 Å². The van der Waals surface area contributed by atoms with Gasteiger partial charge in [0, 0.05) is 43.7 Å². The molecule has 1 saturated carbocycles. The zero-order valence-corrected chi connectivity index (χ0v) is 15.6. The average Bonchev–Trinajstić information content (AvgIpc) is 3.23. The van der Waals surface area contributed by atoms with E-state index in [0.29, 0.717) is 0 Å². The van der Waals surface area contributed by atoms with Crippen LogP contribution in [0.1, 0.15) is 62.7 Å². The predicted molar refractivity (Wildman–Crippen MR) is 95.8 cm³/mol. The van der Waals surface area contributed by atoms with Crippen LogP contribution in [0.3, 0.4) is 0 Å². The van der Waals surface area contributed by atoms with E-state index >= 15 is 0 Å². The van der Waals surface area contributed by atoms with Crippen molar-refractivity contribution in [3.8, 4) is 0 Å². The molecule has 1 aromatic heterocycles. The average molecular weight is 346 g/mol. The molecule has 1 aliphatic carbocycles. The van der Waals surface area contributed by atoms with Crippen molar-refractivity contribution in [3.05, 3.63) is 17.5 Å². The first-order chi connectivity index (χ1) is 12.0. The summed E-state index contributed by atoms with van der Waals surface area (Å²) in [7, 11) is 1.89. The number of nitrogens with zero attached hydrogens (tertiary/aromatic N) is 3. The molecule has 0 radical (unpaired) electrons. The van der Waals surface area contributed by atoms with Gasteiger partial charge in [-0.25, -0.2) is 0 Å². The van der Waals surface area contributed by atoms with E-state index < -0.39 is 0 Å². The summed E-state index contributed by atoms with van der Waals surface area (Å²) in [5.41, 5.74) is 1.97. The van der Waals surface area contributed by atoms with Gasteiger partial charge in [0.05, 0.1) is 11.7 Å². The Kier molecular flexibility index (Phi) is 5.45. The van der Waals surface area contributed by atoms with Crippen LogP contribution >= 0.6 is 0 Å². The number of hydrogen-bond acceptors (Lipinski definition) is 3. The predicted octanol–water partition coefficient (Wildman–Crippen LogP) is 2.33. The molecule has 2 aliphatic rings. The summed E-state index contributed by atoms with van der Waals surface area (Å²) in [6.45, 7) is 5.66. The van der Waals surface area contributed by atoms with Gasteiger partial charge in [0.2, 0.25) is 11.8 Å². The molecular weight excluding hydrogens is 316 g/mol. The van der Waals surface area contributed by atoms with Crippen molar-refractivity contribution >= 4 is 11.8 Å². The van der Waals surface area contributed by atoms with Crippen LogP contribution in [0.2, 0.25) is 0 Å². The Hall–Kier alpha value is -1.85. The Morgan fingerprint density at radius 2 is 1.80 bits per heavy atom. The van der Waals surface area contributed by atoms with Gasteiger partial charge >= 0.3 is 0 Å². The third kappa shape index (κ3) is 3.88. The fourth-order valence-electron chi connectivity index (χ4n) is 4.35. The number of likely N-dealkylation sites (tertiary alicyclic amines) is 1. The van der Waals surface area contributed by atoms with Gasteiger partial charge in [-0.15, -0.1) is 0 Å². The monoisotopic (exact) mass is 346 g/mol. The van der Waals surface area contributed by atoms with Gasteiger partial charge < -0.3 is 10.2 Å². The lowest BCUT2D eigenvalue weighted by Gasteiger charge is -2.33. The van der Waals surface area contributed by atoms with Gasteiger partial charge in [0.15, 0.2) is 0 Å². The third-order valence-electron chi connectivity index (χ3n) is 5.71. The summed E-state index contributed by atoms with van der Waals surface area (Å²) in [5.74, 6) is -0.120. The molecule has 3 atom stereocenters. The van der Waals surface area contributed by atoms with Crippen LogP contribution in [0.15, 0.2) is 6.20 Å². The lowest BCUT2D eigenvalue weighted by atomic mass is 9.77. The highest BCUT2D eigenvalue weighted by Crippen LogP contribution is 2.33. The molecule has 1 aliphatic heterocycles. The molecule has 138 valence electrons. The summed E-state index contributed by atoms with van der Waals surface area (Å²) >= 11 is 0. The topological polar surface area (TPSA) is 67.2 Å².